The van der Waals surface area contributed by atoms with Gasteiger partial charge in [-0.25, -0.2) is 0 Å². The van der Waals surface area contributed by atoms with E-state index in [2.05, 4.69) is 0 Å². The molecule has 2 atom stereocenters. The predicted octanol–water partition coefficient (Wildman–Crippen LogP) is 2.07. The number of hydrogen-bond acceptors (Lipinski definition) is 2. The topological polar surface area (TPSA) is 35.2 Å². The van der Waals surface area contributed by atoms with Gasteiger partial charge in [-0.2, -0.15) is 0 Å². The highest BCUT2D eigenvalue weighted by atomic mass is 16.5. The highest BCUT2D eigenvalue weighted by Gasteiger charge is 2.31. The number of rotatable bonds is 2. The molecule has 2 nitrogen and oxygen atoms in total. The van der Waals surface area contributed by atoms with Crippen molar-refractivity contribution in [3.05, 3.63) is 0 Å². The number of nitrogens with two attached hydrogens (primary N) is 1. The molecule has 2 unspecified atom stereocenters. The molecule has 1 heterocycles. The molecule has 0 aromatic heterocycles. The van der Waals surface area contributed by atoms with Crippen LogP contribution in [0.5, 0.6) is 0 Å². The fourth-order valence-corrected chi connectivity index (χ4v) is 2.76. The number of ether oxygens (including phenoxy) is 1. The van der Waals surface area contributed by atoms with Crippen LogP contribution in [-0.2, 0) is 4.74 Å². The van der Waals surface area contributed by atoms with Crippen LogP contribution in [0.2, 0.25) is 0 Å². The Morgan fingerprint density at radius 2 is 1.77 bits per heavy atom. The monoisotopic (exact) mass is 183 g/mol. The first kappa shape index (κ1) is 9.47. The minimum Gasteiger partial charge on any atom is -0.373 e. The molecule has 76 valence electrons. The fraction of sp³-hybridized carbons (Fsp3) is 1.00. The Bertz CT molecular complexity index is 154. The van der Waals surface area contributed by atoms with E-state index in [0.29, 0.717) is 18.8 Å². The van der Waals surface area contributed by atoms with Crippen LogP contribution in [0.1, 0.15) is 44.9 Å². The lowest BCUT2D eigenvalue weighted by Crippen LogP contribution is -2.26. The second-order valence-electron chi connectivity index (χ2n) is 4.51. The summed E-state index contributed by atoms with van der Waals surface area (Å²) in [7, 11) is 0. The van der Waals surface area contributed by atoms with Crippen molar-refractivity contribution < 1.29 is 4.74 Å². The van der Waals surface area contributed by atoms with E-state index in [4.69, 9.17) is 10.5 Å². The lowest BCUT2D eigenvalue weighted by Gasteiger charge is -2.27. The zero-order valence-corrected chi connectivity index (χ0v) is 8.37. The molecule has 1 saturated heterocycles. The van der Waals surface area contributed by atoms with Crippen molar-refractivity contribution in [1.82, 2.24) is 0 Å². The second kappa shape index (κ2) is 4.43. The Balaban J connectivity index is 1.80. The summed E-state index contributed by atoms with van der Waals surface area (Å²) < 4.78 is 5.93. The highest BCUT2D eigenvalue weighted by Crippen LogP contribution is 2.34. The molecule has 2 rings (SSSR count). The van der Waals surface area contributed by atoms with Crippen molar-refractivity contribution in [3.63, 3.8) is 0 Å². The molecule has 0 spiro atoms. The molecule has 1 aliphatic carbocycles. The van der Waals surface area contributed by atoms with E-state index in [0.717, 1.165) is 5.92 Å². The minimum absolute atomic E-state index is 0.368. The van der Waals surface area contributed by atoms with Gasteiger partial charge in [0.1, 0.15) is 0 Å². The third-order valence-corrected chi connectivity index (χ3v) is 3.58. The summed E-state index contributed by atoms with van der Waals surface area (Å²) in [6.07, 6.45) is 10.4. The lowest BCUT2D eigenvalue weighted by atomic mass is 9.84. The van der Waals surface area contributed by atoms with Crippen LogP contribution >= 0.6 is 0 Å². The predicted molar refractivity (Wildman–Crippen MR) is 53.5 cm³/mol. The molecule has 1 aliphatic heterocycles. The molecule has 2 N–H and O–H groups in total. The van der Waals surface area contributed by atoms with Gasteiger partial charge in [-0.1, -0.05) is 19.3 Å². The first-order valence-electron chi connectivity index (χ1n) is 5.75. The summed E-state index contributed by atoms with van der Waals surface area (Å²) in [5.74, 6) is 0.852. The third-order valence-electron chi connectivity index (χ3n) is 3.58. The molecule has 0 aromatic carbocycles. The second-order valence-corrected chi connectivity index (χ2v) is 4.51. The SMILES string of the molecule is NCC1CCC(C2CCCCC2)O1. The van der Waals surface area contributed by atoms with Gasteiger partial charge >= 0.3 is 0 Å². The summed E-state index contributed by atoms with van der Waals surface area (Å²) in [6, 6.07) is 0. The summed E-state index contributed by atoms with van der Waals surface area (Å²) in [4.78, 5) is 0. The first-order valence-corrected chi connectivity index (χ1v) is 5.75. The van der Waals surface area contributed by atoms with Crippen molar-refractivity contribution >= 4 is 0 Å². The van der Waals surface area contributed by atoms with Gasteiger partial charge in [-0.05, 0) is 31.6 Å². The largest absolute Gasteiger partial charge is 0.373 e. The zero-order chi connectivity index (χ0) is 9.10. The molecule has 0 bridgehead atoms. The van der Waals surface area contributed by atoms with Gasteiger partial charge in [0, 0.05) is 6.54 Å². The molecule has 0 radical (unpaired) electrons. The van der Waals surface area contributed by atoms with Crippen molar-refractivity contribution in [3.8, 4) is 0 Å². The molecular formula is C11H21NO. The molecule has 2 fully saturated rings. The van der Waals surface area contributed by atoms with Gasteiger partial charge < -0.3 is 10.5 Å². The molecule has 13 heavy (non-hydrogen) atoms. The van der Waals surface area contributed by atoms with Gasteiger partial charge in [0.15, 0.2) is 0 Å². The van der Waals surface area contributed by atoms with Gasteiger partial charge in [-0.15, -0.1) is 0 Å². The van der Waals surface area contributed by atoms with Crippen molar-refractivity contribution in [2.75, 3.05) is 6.54 Å². The molecule has 1 saturated carbocycles. The Kier molecular flexibility index (Phi) is 3.23. The Morgan fingerprint density at radius 3 is 2.38 bits per heavy atom. The van der Waals surface area contributed by atoms with Crippen LogP contribution in [0.15, 0.2) is 0 Å². The third kappa shape index (κ3) is 2.23. The van der Waals surface area contributed by atoms with E-state index in [1.54, 1.807) is 0 Å². The zero-order valence-electron chi connectivity index (χ0n) is 8.37. The summed E-state index contributed by atoms with van der Waals surface area (Å²) >= 11 is 0. The van der Waals surface area contributed by atoms with Crippen molar-refractivity contribution in [2.24, 2.45) is 11.7 Å². The molecular weight excluding hydrogens is 162 g/mol. The van der Waals surface area contributed by atoms with Gasteiger partial charge in [0.25, 0.3) is 0 Å². The highest BCUT2D eigenvalue weighted by molar-refractivity contribution is 4.81. The van der Waals surface area contributed by atoms with Crippen LogP contribution in [-0.4, -0.2) is 18.8 Å². The van der Waals surface area contributed by atoms with E-state index < -0.39 is 0 Å². The van der Waals surface area contributed by atoms with E-state index in [9.17, 15) is 0 Å². The van der Waals surface area contributed by atoms with E-state index in [1.165, 1.54) is 44.9 Å². The fourth-order valence-electron chi connectivity index (χ4n) is 2.76. The maximum absolute atomic E-state index is 5.93. The van der Waals surface area contributed by atoms with Gasteiger partial charge in [0.05, 0.1) is 12.2 Å². The molecule has 2 heteroatoms. The van der Waals surface area contributed by atoms with Gasteiger partial charge in [-0.3, -0.25) is 0 Å². The van der Waals surface area contributed by atoms with Crippen molar-refractivity contribution in [1.29, 1.82) is 0 Å². The Morgan fingerprint density at radius 1 is 1.00 bits per heavy atom. The first-order chi connectivity index (χ1) is 6.40. The molecule has 0 aromatic rings. The quantitative estimate of drug-likeness (QED) is 0.711. The number of hydrogen-bond donors (Lipinski definition) is 1. The maximum atomic E-state index is 5.93. The van der Waals surface area contributed by atoms with Crippen LogP contribution in [0.3, 0.4) is 0 Å². The van der Waals surface area contributed by atoms with Crippen molar-refractivity contribution in [2.45, 2.75) is 57.2 Å². The Hall–Kier alpha value is -0.0800. The summed E-state index contributed by atoms with van der Waals surface area (Å²) in [6.45, 7) is 0.712. The maximum Gasteiger partial charge on any atom is 0.0702 e. The minimum atomic E-state index is 0.368. The smallest absolute Gasteiger partial charge is 0.0702 e. The van der Waals surface area contributed by atoms with E-state index in [1.807, 2.05) is 0 Å². The van der Waals surface area contributed by atoms with E-state index >= 15 is 0 Å². The average Bonchev–Trinajstić information content (AvgIpc) is 2.67. The summed E-state index contributed by atoms with van der Waals surface area (Å²) in [5, 5.41) is 0. The van der Waals surface area contributed by atoms with Crippen LogP contribution < -0.4 is 5.73 Å². The van der Waals surface area contributed by atoms with E-state index in [-0.39, 0.29) is 0 Å². The van der Waals surface area contributed by atoms with Crippen LogP contribution in [0.25, 0.3) is 0 Å². The van der Waals surface area contributed by atoms with Crippen LogP contribution in [0, 0.1) is 5.92 Å². The molecule has 0 amide bonds. The normalized spacial score (nSPS) is 36.7. The lowest BCUT2D eigenvalue weighted by molar-refractivity contribution is 0.00448. The Labute approximate surface area is 80.8 Å². The van der Waals surface area contributed by atoms with Gasteiger partial charge in [0.2, 0.25) is 0 Å². The molecule has 2 aliphatic rings. The summed E-state index contributed by atoms with van der Waals surface area (Å²) in [5.41, 5.74) is 5.60. The van der Waals surface area contributed by atoms with Crippen LogP contribution in [0.4, 0.5) is 0 Å². The average molecular weight is 183 g/mol. The standard InChI is InChI=1S/C11H21NO/c12-8-10-6-7-11(13-10)9-4-2-1-3-5-9/h9-11H,1-8,12H2.